The number of nitrogens with zero attached hydrogens (tertiary/aromatic N) is 5. The molecule has 4 rings (SSSR count). The summed E-state index contributed by atoms with van der Waals surface area (Å²) in [5, 5.41) is 18.2. The number of aryl methyl sites for hydroxylation is 2. The van der Waals surface area contributed by atoms with Crippen molar-refractivity contribution in [2.45, 2.75) is 20.3 Å². The van der Waals surface area contributed by atoms with Gasteiger partial charge in [0.1, 0.15) is 17.4 Å². The van der Waals surface area contributed by atoms with Crippen molar-refractivity contribution in [3.8, 4) is 11.4 Å². The molecule has 1 N–H and O–H groups in total. The summed E-state index contributed by atoms with van der Waals surface area (Å²) in [4.78, 5) is 23.7. The predicted molar refractivity (Wildman–Crippen MR) is 127 cm³/mol. The van der Waals surface area contributed by atoms with Crippen LogP contribution in [0.25, 0.3) is 16.7 Å². The molecule has 0 spiro atoms. The minimum atomic E-state index is -0.809. The van der Waals surface area contributed by atoms with Crippen LogP contribution in [0, 0.1) is 24.0 Å². The maximum absolute atomic E-state index is 10.1. The molecule has 170 valence electrons. The Bertz CT molecular complexity index is 1280. The molecule has 0 fully saturated rings. The van der Waals surface area contributed by atoms with Gasteiger partial charge >= 0.3 is 0 Å². The molecule has 4 aromatic rings. The van der Waals surface area contributed by atoms with E-state index in [1.165, 1.54) is 0 Å². The van der Waals surface area contributed by atoms with Crippen LogP contribution in [0.2, 0.25) is 0 Å². The van der Waals surface area contributed by atoms with Crippen molar-refractivity contribution in [1.82, 2.24) is 19.7 Å². The summed E-state index contributed by atoms with van der Waals surface area (Å²) < 4.78 is 8.40. The molecule has 2 aromatic carbocycles. The number of ether oxygens (including phenoxy) is 1. The van der Waals surface area contributed by atoms with E-state index in [0.29, 0.717) is 30.4 Å². The highest BCUT2D eigenvalue weighted by atomic mass is 79.9. The summed E-state index contributed by atoms with van der Waals surface area (Å²) in [5.41, 5.74) is 3.27. The third-order valence-corrected chi connectivity index (χ3v) is 5.29. The third kappa shape index (κ3) is 5.37. The van der Waals surface area contributed by atoms with Crippen LogP contribution >= 0.6 is 15.9 Å². The normalized spacial score (nSPS) is 10.9. The standard InChI is InChI=1S/C22H21BrN6O4/c1-14-20-21(26-17-6-10-19(11-7-17)32-12-3-13-33-29(30)31)24-15(2)25-22(20)28(27-14)18-8-4-16(23)5-9-18/h4-11H,3,12-13H2,1-2H3,(H,24,25,26). The molecule has 0 amide bonds. The lowest BCUT2D eigenvalue weighted by atomic mass is 10.2. The number of anilines is 2. The van der Waals surface area contributed by atoms with E-state index in [0.717, 1.165) is 32.6 Å². The molecule has 0 aliphatic heterocycles. The van der Waals surface area contributed by atoms with Gasteiger partial charge in [0.2, 0.25) is 0 Å². The van der Waals surface area contributed by atoms with Gasteiger partial charge in [0.25, 0.3) is 5.09 Å². The first kappa shape index (κ1) is 22.5. The molecular formula is C22H21BrN6O4. The Kier molecular flexibility index (Phi) is 6.68. The molecule has 2 aromatic heterocycles. The highest BCUT2D eigenvalue weighted by Gasteiger charge is 2.17. The Morgan fingerprint density at radius 3 is 2.48 bits per heavy atom. The lowest BCUT2D eigenvalue weighted by molar-refractivity contribution is -0.757. The van der Waals surface area contributed by atoms with Crippen molar-refractivity contribution in [2.75, 3.05) is 18.5 Å². The van der Waals surface area contributed by atoms with E-state index in [2.05, 4.69) is 36.1 Å². The largest absolute Gasteiger partial charge is 0.494 e. The second-order valence-electron chi connectivity index (χ2n) is 7.20. The smallest absolute Gasteiger partial charge is 0.294 e. The summed E-state index contributed by atoms with van der Waals surface area (Å²) in [7, 11) is 0. The molecule has 11 heteroatoms. The molecule has 0 unspecified atom stereocenters. The van der Waals surface area contributed by atoms with Crippen LogP contribution in [0.15, 0.2) is 53.0 Å². The zero-order chi connectivity index (χ0) is 23.4. The van der Waals surface area contributed by atoms with Gasteiger partial charge in [-0.3, -0.25) is 0 Å². The van der Waals surface area contributed by atoms with Crippen molar-refractivity contribution in [3.63, 3.8) is 0 Å². The average Bonchev–Trinajstić information content (AvgIpc) is 3.11. The quantitative estimate of drug-likeness (QED) is 0.191. The van der Waals surface area contributed by atoms with E-state index in [9.17, 15) is 10.1 Å². The zero-order valence-electron chi connectivity index (χ0n) is 18.0. The van der Waals surface area contributed by atoms with Gasteiger partial charge in [-0.25, -0.2) is 14.6 Å². The van der Waals surface area contributed by atoms with Gasteiger partial charge in [0.15, 0.2) is 5.65 Å². The molecule has 2 heterocycles. The molecule has 0 radical (unpaired) electrons. The Labute approximate surface area is 197 Å². The molecule has 0 saturated heterocycles. The Morgan fingerprint density at radius 1 is 1.06 bits per heavy atom. The first-order chi connectivity index (χ1) is 15.9. The summed E-state index contributed by atoms with van der Waals surface area (Å²) in [6.07, 6.45) is 0.417. The molecule has 33 heavy (non-hydrogen) atoms. The summed E-state index contributed by atoms with van der Waals surface area (Å²) in [5.74, 6) is 1.95. The molecule has 10 nitrogen and oxygen atoms in total. The second kappa shape index (κ2) is 9.82. The molecule has 0 aliphatic carbocycles. The predicted octanol–water partition coefficient (Wildman–Crippen LogP) is 4.92. The first-order valence-corrected chi connectivity index (χ1v) is 11.0. The molecule has 0 atom stereocenters. The maximum atomic E-state index is 10.1. The lowest BCUT2D eigenvalue weighted by Crippen LogP contribution is -2.06. The van der Waals surface area contributed by atoms with Crippen LogP contribution in [0.3, 0.4) is 0 Å². The number of nitrogens with one attached hydrogen (secondary N) is 1. The van der Waals surface area contributed by atoms with E-state index in [-0.39, 0.29) is 6.61 Å². The Morgan fingerprint density at radius 2 is 1.79 bits per heavy atom. The number of hydrogen-bond acceptors (Lipinski definition) is 8. The number of benzene rings is 2. The van der Waals surface area contributed by atoms with Crippen molar-refractivity contribution < 1.29 is 14.7 Å². The number of fused-ring (bicyclic) bond motifs is 1. The van der Waals surface area contributed by atoms with Crippen LogP contribution in [0.4, 0.5) is 11.5 Å². The van der Waals surface area contributed by atoms with Crippen molar-refractivity contribution in [2.24, 2.45) is 0 Å². The highest BCUT2D eigenvalue weighted by molar-refractivity contribution is 9.10. The van der Waals surface area contributed by atoms with Crippen molar-refractivity contribution in [1.29, 1.82) is 0 Å². The maximum Gasteiger partial charge on any atom is 0.294 e. The molecule has 0 aliphatic rings. The minimum Gasteiger partial charge on any atom is -0.494 e. The SMILES string of the molecule is Cc1nc(Nc2ccc(OCCCO[N+](=O)[O-])cc2)c2c(C)nn(-c3ccc(Br)cc3)c2n1. The summed E-state index contributed by atoms with van der Waals surface area (Å²) in [6.45, 7) is 4.10. The van der Waals surface area contributed by atoms with Crippen molar-refractivity contribution >= 4 is 38.5 Å². The molecular weight excluding hydrogens is 492 g/mol. The lowest BCUT2D eigenvalue weighted by Gasteiger charge is -2.10. The second-order valence-corrected chi connectivity index (χ2v) is 8.12. The molecule has 0 saturated carbocycles. The van der Waals surface area contributed by atoms with E-state index >= 15 is 0 Å². The number of halogens is 1. The van der Waals surface area contributed by atoms with Gasteiger partial charge < -0.3 is 14.9 Å². The minimum absolute atomic E-state index is 0.00297. The number of hydrogen-bond donors (Lipinski definition) is 1. The summed E-state index contributed by atoms with van der Waals surface area (Å²) >= 11 is 3.46. The third-order valence-electron chi connectivity index (χ3n) is 4.76. The van der Waals surface area contributed by atoms with Crippen LogP contribution in [0.5, 0.6) is 5.75 Å². The van der Waals surface area contributed by atoms with Crippen LogP contribution in [0.1, 0.15) is 17.9 Å². The number of aromatic nitrogens is 4. The van der Waals surface area contributed by atoms with Crippen LogP contribution in [-0.2, 0) is 4.84 Å². The van der Waals surface area contributed by atoms with E-state index < -0.39 is 5.09 Å². The van der Waals surface area contributed by atoms with Crippen molar-refractivity contribution in [3.05, 3.63) is 74.6 Å². The summed E-state index contributed by atoms with van der Waals surface area (Å²) in [6, 6.07) is 15.3. The van der Waals surface area contributed by atoms with Gasteiger partial charge in [-0.2, -0.15) is 5.10 Å². The fourth-order valence-corrected chi connectivity index (χ4v) is 3.57. The average molecular weight is 513 g/mol. The van der Waals surface area contributed by atoms with Gasteiger partial charge in [-0.05, 0) is 62.4 Å². The van der Waals surface area contributed by atoms with E-state index in [4.69, 9.17) is 9.84 Å². The Balaban J connectivity index is 1.53. The Hall–Kier alpha value is -3.73. The van der Waals surface area contributed by atoms with Gasteiger partial charge in [-0.15, -0.1) is 10.1 Å². The fraction of sp³-hybridized carbons (Fsp3) is 0.227. The highest BCUT2D eigenvalue weighted by Crippen LogP contribution is 2.29. The first-order valence-electron chi connectivity index (χ1n) is 10.2. The topological polar surface area (TPSA) is 117 Å². The van der Waals surface area contributed by atoms with E-state index in [1.807, 2.05) is 67.1 Å². The number of rotatable bonds is 9. The monoisotopic (exact) mass is 512 g/mol. The van der Waals surface area contributed by atoms with Gasteiger partial charge in [0.05, 0.1) is 30.0 Å². The molecule has 0 bridgehead atoms. The van der Waals surface area contributed by atoms with Gasteiger partial charge in [-0.1, -0.05) is 15.9 Å². The fourth-order valence-electron chi connectivity index (χ4n) is 3.30. The van der Waals surface area contributed by atoms with Crippen LogP contribution < -0.4 is 10.1 Å². The van der Waals surface area contributed by atoms with Crippen LogP contribution in [-0.4, -0.2) is 38.0 Å². The zero-order valence-corrected chi connectivity index (χ0v) is 19.6. The van der Waals surface area contributed by atoms with Gasteiger partial charge in [0, 0.05) is 16.6 Å². The van der Waals surface area contributed by atoms with E-state index in [1.54, 1.807) is 0 Å².